The van der Waals surface area contributed by atoms with E-state index in [-0.39, 0.29) is 24.9 Å². The summed E-state index contributed by atoms with van der Waals surface area (Å²) in [5.41, 5.74) is 1.33. The van der Waals surface area contributed by atoms with Crippen LogP contribution in [-0.2, 0) is 17.9 Å². The Kier molecular flexibility index (Phi) is 7.61. The molecule has 0 aromatic heterocycles. The number of Topliss-reactive ketones (excluding diaryl/α,β-unsaturated/α-hetero) is 1. The second kappa shape index (κ2) is 8.99. The first kappa shape index (κ1) is 21.2. The summed E-state index contributed by atoms with van der Waals surface area (Å²) >= 11 is 0. The molecule has 1 N–H and O–H groups in total. The predicted octanol–water partition coefficient (Wildman–Crippen LogP) is 4.16. The maximum absolute atomic E-state index is 12.7. The van der Waals surface area contributed by atoms with Crippen molar-refractivity contribution in [1.29, 1.82) is 0 Å². The van der Waals surface area contributed by atoms with Crippen molar-refractivity contribution in [3.63, 3.8) is 0 Å². The standard InChI is InChI=1S/C20H31NO4/c1-7-14(8-2)18(23)16-11-9-10-15(17(16)13-22)12-21(6)19(24)25-20(3,4)5/h9-11,14,22H,7-8,12-13H2,1-6H3. The average Bonchev–Trinajstić information content (AvgIpc) is 2.53. The Morgan fingerprint density at radius 3 is 2.28 bits per heavy atom. The van der Waals surface area contributed by atoms with Gasteiger partial charge >= 0.3 is 6.09 Å². The van der Waals surface area contributed by atoms with Crippen molar-refractivity contribution in [2.75, 3.05) is 7.05 Å². The zero-order valence-corrected chi connectivity index (χ0v) is 16.3. The SMILES string of the molecule is CCC(CC)C(=O)c1cccc(CN(C)C(=O)OC(C)(C)C)c1CO. The molecule has 25 heavy (non-hydrogen) atoms. The summed E-state index contributed by atoms with van der Waals surface area (Å²) in [6.45, 7) is 9.45. The zero-order chi connectivity index (χ0) is 19.2. The molecule has 0 spiro atoms. The lowest BCUT2D eigenvalue weighted by Gasteiger charge is -2.25. The molecular formula is C20H31NO4. The molecule has 1 aromatic rings. The number of benzene rings is 1. The van der Waals surface area contributed by atoms with Gasteiger partial charge in [-0.15, -0.1) is 0 Å². The monoisotopic (exact) mass is 349 g/mol. The van der Waals surface area contributed by atoms with Crippen LogP contribution >= 0.6 is 0 Å². The van der Waals surface area contributed by atoms with Crippen LogP contribution in [-0.4, -0.2) is 34.5 Å². The summed E-state index contributed by atoms with van der Waals surface area (Å²) in [5.74, 6) is -0.0000402. The Morgan fingerprint density at radius 2 is 1.80 bits per heavy atom. The lowest BCUT2D eigenvalue weighted by molar-refractivity contribution is 0.0284. The van der Waals surface area contributed by atoms with E-state index >= 15 is 0 Å². The highest BCUT2D eigenvalue weighted by molar-refractivity contribution is 5.99. The minimum absolute atomic E-state index is 0.0517. The summed E-state index contributed by atoms with van der Waals surface area (Å²) < 4.78 is 5.35. The van der Waals surface area contributed by atoms with E-state index in [1.54, 1.807) is 19.2 Å². The molecule has 1 aromatic carbocycles. The van der Waals surface area contributed by atoms with Gasteiger partial charge in [-0.2, -0.15) is 0 Å². The molecule has 0 radical (unpaired) electrons. The number of hydrogen-bond acceptors (Lipinski definition) is 4. The first-order chi connectivity index (χ1) is 11.6. The van der Waals surface area contributed by atoms with Gasteiger partial charge in [0.2, 0.25) is 0 Å². The molecule has 1 rings (SSSR count). The fourth-order valence-electron chi connectivity index (χ4n) is 2.74. The fourth-order valence-corrected chi connectivity index (χ4v) is 2.74. The minimum Gasteiger partial charge on any atom is -0.444 e. The molecule has 0 unspecified atom stereocenters. The van der Waals surface area contributed by atoms with Gasteiger partial charge in [-0.3, -0.25) is 4.79 Å². The fraction of sp³-hybridized carbons (Fsp3) is 0.600. The molecule has 0 heterocycles. The second-order valence-corrected chi connectivity index (χ2v) is 7.32. The molecule has 140 valence electrons. The molecule has 5 heteroatoms. The van der Waals surface area contributed by atoms with Crippen molar-refractivity contribution < 1.29 is 19.4 Å². The highest BCUT2D eigenvalue weighted by atomic mass is 16.6. The normalized spacial score (nSPS) is 11.5. The summed E-state index contributed by atoms with van der Waals surface area (Å²) in [6, 6.07) is 5.38. The van der Waals surface area contributed by atoms with Crippen molar-refractivity contribution in [3.8, 4) is 0 Å². The van der Waals surface area contributed by atoms with Crippen molar-refractivity contribution in [2.24, 2.45) is 5.92 Å². The van der Waals surface area contributed by atoms with E-state index in [4.69, 9.17) is 4.74 Å². The number of amides is 1. The first-order valence-corrected chi connectivity index (χ1v) is 8.84. The maximum atomic E-state index is 12.7. The van der Waals surface area contributed by atoms with Crippen LogP contribution in [0.5, 0.6) is 0 Å². The van der Waals surface area contributed by atoms with E-state index in [0.29, 0.717) is 11.1 Å². The third kappa shape index (κ3) is 5.85. The highest BCUT2D eigenvalue weighted by Gasteiger charge is 2.23. The van der Waals surface area contributed by atoms with Gasteiger partial charge in [0.25, 0.3) is 0 Å². The van der Waals surface area contributed by atoms with Crippen LogP contribution in [0, 0.1) is 5.92 Å². The lowest BCUT2D eigenvalue weighted by atomic mass is 9.89. The van der Waals surface area contributed by atoms with Crippen molar-refractivity contribution in [1.82, 2.24) is 4.90 Å². The van der Waals surface area contributed by atoms with Crippen LogP contribution < -0.4 is 0 Å². The van der Waals surface area contributed by atoms with E-state index in [1.165, 1.54) is 4.90 Å². The molecular weight excluding hydrogens is 318 g/mol. The van der Waals surface area contributed by atoms with Crippen LogP contribution in [0.2, 0.25) is 0 Å². The molecule has 0 saturated carbocycles. The van der Waals surface area contributed by atoms with Gasteiger partial charge in [0.1, 0.15) is 5.60 Å². The lowest BCUT2D eigenvalue weighted by Crippen LogP contribution is -2.34. The van der Waals surface area contributed by atoms with E-state index in [2.05, 4.69) is 0 Å². The van der Waals surface area contributed by atoms with E-state index < -0.39 is 11.7 Å². The minimum atomic E-state index is -0.571. The Bertz CT molecular complexity index is 600. The van der Waals surface area contributed by atoms with Gasteiger partial charge in [-0.1, -0.05) is 32.0 Å². The van der Waals surface area contributed by atoms with Gasteiger partial charge in [-0.05, 0) is 44.7 Å². The van der Waals surface area contributed by atoms with Crippen molar-refractivity contribution >= 4 is 11.9 Å². The number of nitrogens with zero attached hydrogens (tertiary/aromatic N) is 1. The molecule has 0 aliphatic carbocycles. The number of aliphatic hydroxyl groups is 1. The van der Waals surface area contributed by atoms with Crippen LogP contribution in [0.3, 0.4) is 0 Å². The third-order valence-electron chi connectivity index (χ3n) is 4.17. The number of ether oxygens (including phenoxy) is 1. The van der Waals surface area contributed by atoms with Crippen LogP contribution in [0.1, 0.15) is 68.9 Å². The Balaban J connectivity index is 3.07. The van der Waals surface area contributed by atoms with Gasteiger partial charge in [-0.25, -0.2) is 4.79 Å². The molecule has 0 bridgehead atoms. The van der Waals surface area contributed by atoms with E-state index in [1.807, 2.05) is 40.7 Å². The smallest absolute Gasteiger partial charge is 0.410 e. The molecule has 1 amide bonds. The number of rotatable bonds is 7. The Labute approximate surface area is 151 Å². The second-order valence-electron chi connectivity index (χ2n) is 7.32. The summed E-state index contributed by atoms with van der Waals surface area (Å²) in [6.07, 6.45) is 1.10. The van der Waals surface area contributed by atoms with Gasteiger partial charge in [0.05, 0.1) is 6.61 Å². The number of carbonyl (C=O) groups excluding carboxylic acids is 2. The Morgan fingerprint density at radius 1 is 1.20 bits per heavy atom. The first-order valence-electron chi connectivity index (χ1n) is 8.84. The number of carbonyl (C=O) groups is 2. The highest BCUT2D eigenvalue weighted by Crippen LogP contribution is 2.23. The third-order valence-corrected chi connectivity index (χ3v) is 4.17. The van der Waals surface area contributed by atoms with Crippen LogP contribution in [0.25, 0.3) is 0 Å². The Hall–Kier alpha value is -1.88. The summed E-state index contributed by atoms with van der Waals surface area (Å²) in [4.78, 5) is 26.3. The molecule has 5 nitrogen and oxygen atoms in total. The van der Waals surface area contributed by atoms with E-state index in [9.17, 15) is 14.7 Å². The molecule has 0 aliphatic heterocycles. The van der Waals surface area contributed by atoms with Gasteiger partial charge < -0.3 is 14.7 Å². The number of ketones is 1. The average molecular weight is 349 g/mol. The number of hydrogen-bond donors (Lipinski definition) is 1. The largest absolute Gasteiger partial charge is 0.444 e. The molecule has 0 fully saturated rings. The molecule has 0 atom stereocenters. The van der Waals surface area contributed by atoms with Crippen LogP contribution in [0.4, 0.5) is 4.79 Å². The molecule has 0 aliphatic rings. The van der Waals surface area contributed by atoms with Gasteiger partial charge in [0.15, 0.2) is 5.78 Å². The maximum Gasteiger partial charge on any atom is 0.410 e. The predicted molar refractivity (Wildman–Crippen MR) is 98.5 cm³/mol. The zero-order valence-electron chi connectivity index (χ0n) is 16.3. The van der Waals surface area contributed by atoms with Gasteiger partial charge in [0, 0.05) is 25.1 Å². The topological polar surface area (TPSA) is 66.8 Å². The van der Waals surface area contributed by atoms with E-state index in [0.717, 1.165) is 18.4 Å². The van der Waals surface area contributed by atoms with Crippen molar-refractivity contribution in [3.05, 3.63) is 34.9 Å². The number of aliphatic hydroxyl groups excluding tert-OH is 1. The quantitative estimate of drug-likeness (QED) is 0.751. The summed E-state index contributed by atoms with van der Waals surface area (Å²) in [7, 11) is 1.64. The van der Waals surface area contributed by atoms with Crippen molar-refractivity contribution in [2.45, 2.75) is 66.2 Å². The molecule has 0 saturated heterocycles. The summed E-state index contributed by atoms with van der Waals surface area (Å²) in [5, 5.41) is 9.83. The van der Waals surface area contributed by atoms with Crippen LogP contribution in [0.15, 0.2) is 18.2 Å².